The highest BCUT2D eigenvalue weighted by atomic mass is 16.5. The van der Waals surface area contributed by atoms with Gasteiger partial charge in [-0.3, -0.25) is 0 Å². The van der Waals surface area contributed by atoms with E-state index in [0.717, 1.165) is 37.5 Å². The number of aromatic nitrogens is 3. The Bertz CT molecular complexity index is 573. The van der Waals surface area contributed by atoms with Crippen molar-refractivity contribution in [1.82, 2.24) is 15.2 Å². The molecule has 0 radical (unpaired) electrons. The Kier molecular flexibility index (Phi) is 7.10. The Morgan fingerprint density at radius 3 is 2.61 bits per heavy atom. The number of anilines is 2. The van der Waals surface area contributed by atoms with Crippen molar-refractivity contribution < 1.29 is 4.74 Å². The predicted octanol–water partition coefficient (Wildman–Crippen LogP) is 3.14. The normalized spacial score (nSPS) is 10.3. The van der Waals surface area contributed by atoms with Crippen molar-refractivity contribution in [3.05, 3.63) is 36.0 Å². The summed E-state index contributed by atoms with van der Waals surface area (Å²) in [6.07, 6.45) is 6.08. The van der Waals surface area contributed by atoms with Gasteiger partial charge in [0.1, 0.15) is 5.75 Å². The average Bonchev–Trinajstić information content (AvgIpc) is 2.60. The Hall–Kier alpha value is -2.37. The first kappa shape index (κ1) is 17.0. The highest BCUT2D eigenvalue weighted by Gasteiger charge is 2.00. The van der Waals surface area contributed by atoms with Crippen LogP contribution in [0.5, 0.6) is 5.75 Å². The highest BCUT2D eigenvalue weighted by molar-refractivity contribution is 5.37. The molecule has 0 amide bonds. The summed E-state index contributed by atoms with van der Waals surface area (Å²) in [5.41, 5.74) is 1.25. The Morgan fingerprint density at radius 1 is 1.04 bits per heavy atom. The third-order valence-electron chi connectivity index (χ3n) is 3.50. The Morgan fingerprint density at radius 2 is 1.87 bits per heavy atom. The zero-order valence-corrected chi connectivity index (χ0v) is 13.9. The maximum absolute atomic E-state index is 5.16. The summed E-state index contributed by atoms with van der Waals surface area (Å²) in [6, 6.07) is 8.08. The van der Waals surface area contributed by atoms with Crippen LogP contribution in [0.1, 0.15) is 31.7 Å². The molecule has 2 N–H and O–H groups in total. The molecule has 1 aromatic carbocycles. The van der Waals surface area contributed by atoms with Gasteiger partial charge in [-0.05, 0) is 30.5 Å². The smallest absolute Gasteiger partial charge is 0.244 e. The standard InChI is InChI=1S/C17H25N5O/c1-3-4-5-11-19-17-21-16(13-20-22-17)18-12-10-14-6-8-15(23-2)9-7-14/h6-9,13H,3-5,10-12H2,1-2H3,(H2,18,19,21,22). The monoisotopic (exact) mass is 315 g/mol. The van der Waals surface area contributed by atoms with E-state index < -0.39 is 0 Å². The molecule has 0 unspecified atom stereocenters. The van der Waals surface area contributed by atoms with Crippen LogP contribution in [0.4, 0.5) is 11.8 Å². The summed E-state index contributed by atoms with van der Waals surface area (Å²) < 4.78 is 5.16. The van der Waals surface area contributed by atoms with Gasteiger partial charge in [0.15, 0.2) is 5.82 Å². The molecular formula is C17H25N5O. The lowest BCUT2D eigenvalue weighted by atomic mass is 10.1. The summed E-state index contributed by atoms with van der Waals surface area (Å²) >= 11 is 0. The molecule has 124 valence electrons. The number of benzene rings is 1. The van der Waals surface area contributed by atoms with E-state index >= 15 is 0 Å². The number of hydrogen-bond acceptors (Lipinski definition) is 6. The van der Waals surface area contributed by atoms with Crippen LogP contribution in [0.3, 0.4) is 0 Å². The lowest BCUT2D eigenvalue weighted by Gasteiger charge is -2.08. The van der Waals surface area contributed by atoms with Crippen LogP contribution in [-0.4, -0.2) is 35.4 Å². The van der Waals surface area contributed by atoms with Crippen LogP contribution in [-0.2, 0) is 6.42 Å². The second kappa shape index (κ2) is 9.61. The average molecular weight is 315 g/mol. The number of nitrogens with zero attached hydrogens (tertiary/aromatic N) is 3. The predicted molar refractivity (Wildman–Crippen MR) is 93.0 cm³/mol. The first-order valence-corrected chi connectivity index (χ1v) is 8.12. The van der Waals surface area contributed by atoms with Crippen molar-refractivity contribution in [1.29, 1.82) is 0 Å². The molecule has 0 aliphatic carbocycles. The summed E-state index contributed by atoms with van der Waals surface area (Å²) in [7, 11) is 1.67. The van der Waals surface area contributed by atoms with Gasteiger partial charge in [-0.1, -0.05) is 31.9 Å². The van der Waals surface area contributed by atoms with E-state index in [1.165, 1.54) is 18.4 Å². The number of methoxy groups -OCH3 is 1. The van der Waals surface area contributed by atoms with Gasteiger partial charge in [-0.2, -0.15) is 10.1 Å². The van der Waals surface area contributed by atoms with Gasteiger partial charge in [0, 0.05) is 13.1 Å². The highest BCUT2D eigenvalue weighted by Crippen LogP contribution is 2.12. The molecule has 1 aromatic heterocycles. The molecule has 6 heteroatoms. The van der Waals surface area contributed by atoms with E-state index in [-0.39, 0.29) is 0 Å². The number of unbranched alkanes of at least 4 members (excludes halogenated alkanes) is 2. The molecular weight excluding hydrogens is 290 g/mol. The maximum atomic E-state index is 5.16. The SMILES string of the molecule is CCCCCNc1nncc(NCCc2ccc(OC)cc2)n1. The first-order valence-electron chi connectivity index (χ1n) is 8.12. The van der Waals surface area contributed by atoms with Gasteiger partial charge in [-0.15, -0.1) is 5.10 Å². The maximum Gasteiger partial charge on any atom is 0.244 e. The van der Waals surface area contributed by atoms with Crippen molar-refractivity contribution >= 4 is 11.8 Å². The van der Waals surface area contributed by atoms with Crippen LogP contribution < -0.4 is 15.4 Å². The van der Waals surface area contributed by atoms with Crippen molar-refractivity contribution in [2.24, 2.45) is 0 Å². The Balaban J connectivity index is 1.76. The molecule has 23 heavy (non-hydrogen) atoms. The molecule has 0 saturated heterocycles. The molecule has 0 fully saturated rings. The van der Waals surface area contributed by atoms with Gasteiger partial charge < -0.3 is 15.4 Å². The second-order valence-electron chi connectivity index (χ2n) is 5.32. The second-order valence-corrected chi connectivity index (χ2v) is 5.32. The molecule has 0 bridgehead atoms. The van der Waals surface area contributed by atoms with Crippen molar-refractivity contribution in [2.75, 3.05) is 30.8 Å². The van der Waals surface area contributed by atoms with Gasteiger partial charge >= 0.3 is 0 Å². The fourth-order valence-corrected chi connectivity index (χ4v) is 2.17. The molecule has 0 aliphatic heterocycles. The van der Waals surface area contributed by atoms with Crippen molar-refractivity contribution in [3.63, 3.8) is 0 Å². The zero-order chi connectivity index (χ0) is 16.3. The Labute approximate surface area is 137 Å². The summed E-state index contributed by atoms with van der Waals surface area (Å²) in [5, 5.41) is 14.5. The minimum absolute atomic E-state index is 0.579. The number of rotatable bonds is 10. The fraction of sp³-hybridized carbons (Fsp3) is 0.471. The molecule has 6 nitrogen and oxygen atoms in total. The number of nitrogens with one attached hydrogen (secondary N) is 2. The summed E-state index contributed by atoms with van der Waals surface area (Å²) in [4.78, 5) is 4.41. The van der Waals surface area contributed by atoms with Gasteiger partial charge in [0.2, 0.25) is 5.95 Å². The molecule has 2 rings (SSSR count). The van der Waals surface area contributed by atoms with Gasteiger partial charge in [0.05, 0.1) is 13.3 Å². The van der Waals surface area contributed by atoms with Crippen LogP contribution in [0.25, 0.3) is 0 Å². The minimum atomic E-state index is 0.579. The van der Waals surface area contributed by atoms with Gasteiger partial charge in [0.25, 0.3) is 0 Å². The van der Waals surface area contributed by atoms with E-state index in [1.807, 2.05) is 12.1 Å². The van der Waals surface area contributed by atoms with Crippen LogP contribution >= 0.6 is 0 Å². The molecule has 2 aromatic rings. The van der Waals surface area contributed by atoms with E-state index in [4.69, 9.17) is 4.74 Å². The number of hydrogen-bond donors (Lipinski definition) is 2. The summed E-state index contributed by atoms with van der Waals surface area (Å²) in [6.45, 7) is 3.86. The first-order chi connectivity index (χ1) is 11.3. The topological polar surface area (TPSA) is 72.0 Å². The fourth-order valence-electron chi connectivity index (χ4n) is 2.17. The lowest BCUT2D eigenvalue weighted by molar-refractivity contribution is 0.414. The summed E-state index contributed by atoms with van der Waals surface area (Å²) in [5.74, 6) is 2.20. The van der Waals surface area contributed by atoms with E-state index in [2.05, 4.69) is 44.9 Å². The van der Waals surface area contributed by atoms with Crippen LogP contribution in [0.2, 0.25) is 0 Å². The molecule has 0 spiro atoms. The molecule has 0 saturated carbocycles. The quantitative estimate of drug-likeness (QED) is 0.656. The molecule has 1 heterocycles. The zero-order valence-electron chi connectivity index (χ0n) is 13.9. The van der Waals surface area contributed by atoms with E-state index in [1.54, 1.807) is 13.3 Å². The largest absolute Gasteiger partial charge is 0.497 e. The van der Waals surface area contributed by atoms with Crippen LogP contribution in [0.15, 0.2) is 30.5 Å². The molecule has 0 aliphatic rings. The third kappa shape index (κ3) is 6.10. The van der Waals surface area contributed by atoms with Gasteiger partial charge in [-0.25, -0.2) is 0 Å². The molecule has 0 atom stereocenters. The van der Waals surface area contributed by atoms with E-state index in [9.17, 15) is 0 Å². The lowest BCUT2D eigenvalue weighted by Crippen LogP contribution is -2.10. The number of ether oxygens (including phenoxy) is 1. The van der Waals surface area contributed by atoms with Crippen LogP contribution in [0, 0.1) is 0 Å². The van der Waals surface area contributed by atoms with Crippen molar-refractivity contribution in [2.45, 2.75) is 32.6 Å². The minimum Gasteiger partial charge on any atom is -0.497 e. The van der Waals surface area contributed by atoms with E-state index in [0.29, 0.717) is 5.95 Å². The van der Waals surface area contributed by atoms with Crippen molar-refractivity contribution in [3.8, 4) is 5.75 Å². The third-order valence-corrected chi connectivity index (χ3v) is 3.50.